The van der Waals surface area contributed by atoms with Gasteiger partial charge < -0.3 is 4.74 Å². The van der Waals surface area contributed by atoms with E-state index in [9.17, 15) is 12.8 Å². The fourth-order valence-electron chi connectivity index (χ4n) is 1.46. The number of methoxy groups -OCH3 is 1. The van der Waals surface area contributed by atoms with E-state index >= 15 is 0 Å². The van der Waals surface area contributed by atoms with Crippen molar-refractivity contribution in [2.45, 2.75) is 4.90 Å². The molecule has 1 heterocycles. The SMILES string of the molecule is COc1ccc(S(=O)(=O)Nc2ccc(F)nc2)cc1Cl. The van der Waals surface area contributed by atoms with Crippen LogP contribution in [-0.4, -0.2) is 20.5 Å². The first-order valence-electron chi connectivity index (χ1n) is 5.40. The zero-order valence-electron chi connectivity index (χ0n) is 10.3. The largest absolute Gasteiger partial charge is 0.495 e. The van der Waals surface area contributed by atoms with Crippen molar-refractivity contribution >= 4 is 27.3 Å². The molecule has 8 heteroatoms. The lowest BCUT2D eigenvalue weighted by Gasteiger charge is -2.09. The maximum atomic E-state index is 12.7. The number of hydrogen-bond donors (Lipinski definition) is 1. The Morgan fingerprint density at radius 1 is 1.30 bits per heavy atom. The zero-order valence-corrected chi connectivity index (χ0v) is 11.9. The number of halogens is 2. The lowest BCUT2D eigenvalue weighted by Crippen LogP contribution is -2.13. The van der Waals surface area contributed by atoms with Gasteiger partial charge in [0.1, 0.15) is 5.75 Å². The molecule has 0 spiro atoms. The molecular formula is C12H10ClFN2O3S. The smallest absolute Gasteiger partial charge is 0.261 e. The van der Waals surface area contributed by atoms with Crippen molar-refractivity contribution in [3.05, 3.63) is 47.5 Å². The average molecular weight is 317 g/mol. The zero-order chi connectivity index (χ0) is 14.8. The van der Waals surface area contributed by atoms with Crippen molar-refractivity contribution < 1.29 is 17.5 Å². The second-order valence-corrected chi connectivity index (χ2v) is 5.86. The fraction of sp³-hybridized carbons (Fsp3) is 0.0833. The quantitative estimate of drug-likeness (QED) is 0.881. The minimum atomic E-state index is -3.83. The lowest BCUT2D eigenvalue weighted by molar-refractivity contribution is 0.414. The third-order valence-electron chi connectivity index (χ3n) is 2.41. The number of hydrogen-bond acceptors (Lipinski definition) is 4. The molecule has 2 aromatic rings. The molecule has 0 aliphatic carbocycles. The van der Waals surface area contributed by atoms with Crippen LogP contribution >= 0.6 is 11.6 Å². The van der Waals surface area contributed by atoms with Crippen molar-refractivity contribution in [2.75, 3.05) is 11.8 Å². The first kappa shape index (κ1) is 14.5. The number of benzene rings is 1. The topological polar surface area (TPSA) is 68.3 Å². The Bertz CT molecular complexity index is 720. The van der Waals surface area contributed by atoms with Crippen LogP contribution in [0.5, 0.6) is 5.75 Å². The summed E-state index contributed by atoms with van der Waals surface area (Å²) in [5, 5.41) is 0.174. The standard InChI is InChI=1S/C12H10ClFN2O3S/c1-19-11-4-3-9(6-10(11)13)20(17,18)16-8-2-5-12(14)15-7-8/h2-7,16H,1H3. The summed E-state index contributed by atoms with van der Waals surface area (Å²) >= 11 is 5.88. The Morgan fingerprint density at radius 2 is 2.05 bits per heavy atom. The maximum absolute atomic E-state index is 12.7. The van der Waals surface area contributed by atoms with E-state index in [1.54, 1.807) is 0 Å². The van der Waals surface area contributed by atoms with E-state index in [-0.39, 0.29) is 15.6 Å². The van der Waals surface area contributed by atoms with Gasteiger partial charge in [-0.3, -0.25) is 4.72 Å². The van der Waals surface area contributed by atoms with Gasteiger partial charge in [0, 0.05) is 0 Å². The Hall–Kier alpha value is -1.86. The minimum absolute atomic E-state index is 0.0346. The highest BCUT2D eigenvalue weighted by Gasteiger charge is 2.16. The van der Waals surface area contributed by atoms with Crippen LogP contribution in [0.2, 0.25) is 5.02 Å². The molecule has 0 atom stereocenters. The number of pyridine rings is 1. The monoisotopic (exact) mass is 316 g/mol. The fourth-order valence-corrected chi connectivity index (χ4v) is 2.86. The van der Waals surface area contributed by atoms with Crippen molar-refractivity contribution in [3.63, 3.8) is 0 Å². The van der Waals surface area contributed by atoms with Crippen molar-refractivity contribution in [3.8, 4) is 5.75 Å². The van der Waals surface area contributed by atoms with Gasteiger partial charge >= 0.3 is 0 Å². The highest BCUT2D eigenvalue weighted by atomic mass is 35.5. The number of rotatable bonds is 4. The summed E-state index contributed by atoms with van der Waals surface area (Å²) in [7, 11) is -2.40. The van der Waals surface area contributed by atoms with E-state index in [1.807, 2.05) is 0 Å². The highest BCUT2D eigenvalue weighted by Crippen LogP contribution is 2.27. The minimum Gasteiger partial charge on any atom is -0.495 e. The molecular weight excluding hydrogens is 307 g/mol. The predicted octanol–water partition coefficient (Wildman–Crippen LogP) is 2.68. The molecule has 20 heavy (non-hydrogen) atoms. The van der Waals surface area contributed by atoms with Crippen molar-refractivity contribution in [1.82, 2.24) is 4.98 Å². The van der Waals surface area contributed by atoms with Gasteiger partial charge in [0.15, 0.2) is 0 Å². The number of ether oxygens (including phenoxy) is 1. The molecule has 0 aliphatic heterocycles. The van der Waals surface area contributed by atoms with E-state index in [1.165, 1.54) is 31.4 Å². The van der Waals surface area contributed by atoms with E-state index < -0.39 is 16.0 Å². The molecule has 0 aliphatic rings. The summed E-state index contributed by atoms with van der Waals surface area (Å²) < 4.78 is 44.1. The first-order valence-corrected chi connectivity index (χ1v) is 7.26. The van der Waals surface area contributed by atoms with Crippen molar-refractivity contribution in [2.24, 2.45) is 0 Å². The van der Waals surface area contributed by atoms with Crippen LogP contribution in [0.25, 0.3) is 0 Å². The predicted molar refractivity (Wildman–Crippen MR) is 73.0 cm³/mol. The number of nitrogens with zero attached hydrogens (tertiary/aromatic N) is 1. The molecule has 1 aromatic carbocycles. The molecule has 1 aromatic heterocycles. The Kier molecular flexibility index (Phi) is 4.10. The number of aromatic nitrogens is 1. The number of sulfonamides is 1. The molecule has 106 valence electrons. The Morgan fingerprint density at radius 3 is 2.60 bits per heavy atom. The van der Waals surface area contributed by atoms with Gasteiger partial charge in [-0.2, -0.15) is 4.39 Å². The molecule has 0 radical (unpaired) electrons. The van der Waals surface area contributed by atoms with Gasteiger partial charge in [-0.05, 0) is 30.3 Å². The molecule has 0 amide bonds. The molecule has 1 N–H and O–H groups in total. The summed E-state index contributed by atoms with van der Waals surface area (Å²) in [4.78, 5) is 3.33. The second kappa shape index (κ2) is 5.64. The van der Waals surface area contributed by atoms with Crippen LogP contribution in [0.3, 0.4) is 0 Å². The van der Waals surface area contributed by atoms with Crippen LogP contribution in [0.1, 0.15) is 0 Å². The van der Waals surface area contributed by atoms with E-state index in [0.29, 0.717) is 5.75 Å². The van der Waals surface area contributed by atoms with E-state index in [4.69, 9.17) is 16.3 Å². The third-order valence-corrected chi connectivity index (χ3v) is 4.09. The summed E-state index contributed by atoms with van der Waals surface area (Å²) in [6, 6.07) is 6.38. The maximum Gasteiger partial charge on any atom is 0.261 e. The van der Waals surface area contributed by atoms with Crippen LogP contribution in [0.15, 0.2) is 41.4 Å². The lowest BCUT2D eigenvalue weighted by atomic mass is 10.3. The van der Waals surface area contributed by atoms with Gasteiger partial charge in [-0.25, -0.2) is 13.4 Å². The molecule has 5 nitrogen and oxygen atoms in total. The molecule has 0 saturated heterocycles. The molecule has 0 fully saturated rings. The average Bonchev–Trinajstić information content (AvgIpc) is 2.41. The summed E-state index contributed by atoms with van der Waals surface area (Å²) in [6.07, 6.45) is 1.08. The van der Waals surface area contributed by atoms with Crippen LogP contribution in [-0.2, 0) is 10.0 Å². The molecule has 0 unspecified atom stereocenters. The van der Waals surface area contributed by atoms with Crippen LogP contribution < -0.4 is 9.46 Å². The summed E-state index contributed by atoms with van der Waals surface area (Å²) in [6.45, 7) is 0. The van der Waals surface area contributed by atoms with Crippen LogP contribution in [0.4, 0.5) is 10.1 Å². The van der Waals surface area contributed by atoms with Gasteiger partial charge in [0.05, 0.1) is 28.9 Å². The normalized spacial score (nSPS) is 11.2. The number of anilines is 1. The van der Waals surface area contributed by atoms with Crippen molar-refractivity contribution in [1.29, 1.82) is 0 Å². The summed E-state index contributed by atoms with van der Waals surface area (Å²) in [5.74, 6) is -0.325. The third kappa shape index (κ3) is 3.17. The van der Waals surface area contributed by atoms with Gasteiger partial charge in [-0.1, -0.05) is 11.6 Å². The van der Waals surface area contributed by atoms with E-state index in [0.717, 1.165) is 12.3 Å². The van der Waals surface area contributed by atoms with E-state index in [2.05, 4.69) is 9.71 Å². The molecule has 2 rings (SSSR count). The van der Waals surface area contributed by atoms with Gasteiger partial charge in [0.2, 0.25) is 5.95 Å². The van der Waals surface area contributed by atoms with Crippen LogP contribution in [0, 0.1) is 5.95 Å². The Balaban J connectivity index is 2.30. The molecule has 0 bridgehead atoms. The first-order chi connectivity index (χ1) is 9.42. The van der Waals surface area contributed by atoms with Gasteiger partial charge in [0.25, 0.3) is 10.0 Å². The molecule has 0 saturated carbocycles. The Labute approximate surface area is 120 Å². The van der Waals surface area contributed by atoms with Gasteiger partial charge in [-0.15, -0.1) is 0 Å². The summed E-state index contributed by atoms with van der Waals surface area (Å²) in [5.41, 5.74) is 0.151. The number of nitrogens with one attached hydrogen (secondary N) is 1. The highest BCUT2D eigenvalue weighted by molar-refractivity contribution is 7.92. The second-order valence-electron chi connectivity index (χ2n) is 3.77.